The van der Waals surface area contributed by atoms with Crippen LogP contribution in [0, 0.1) is 5.92 Å². The van der Waals surface area contributed by atoms with Crippen LogP contribution < -0.4 is 0 Å². The summed E-state index contributed by atoms with van der Waals surface area (Å²) in [6, 6.07) is 8.29. The van der Waals surface area contributed by atoms with Crippen molar-refractivity contribution >= 4 is 5.78 Å². The van der Waals surface area contributed by atoms with E-state index in [4.69, 9.17) is 0 Å². The Balaban J connectivity index is 1.93. The molecule has 1 fully saturated rings. The van der Waals surface area contributed by atoms with E-state index in [-0.39, 0.29) is 0 Å². The predicted octanol–water partition coefficient (Wildman–Crippen LogP) is 5.18. The smallest absolute Gasteiger partial charge is 0.163 e. The highest BCUT2D eigenvalue weighted by atomic mass is 16.1. The summed E-state index contributed by atoms with van der Waals surface area (Å²) in [6.07, 6.45) is 10.8. The number of carbonyl (C=O) groups excluding carboxylic acids is 1. The Morgan fingerprint density at radius 1 is 1.21 bits per heavy atom. The van der Waals surface area contributed by atoms with Crippen LogP contribution in [-0.4, -0.2) is 5.78 Å². The summed E-state index contributed by atoms with van der Waals surface area (Å²) in [6.45, 7) is 2.21. The fraction of sp³-hybridized carbons (Fsp3) is 0.611. The summed E-state index contributed by atoms with van der Waals surface area (Å²) in [5.41, 5.74) is 2.25. The first-order valence-electron chi connectivity index (χ1n) is 7.91. The van der Waals surface area contributed by atoms with E-state index in [0.717, 1.165) is 18.4 Å². The lowest BCUT2D eigenvalue weighted by Crippen LogP contribution is -2.12. The molecule has 0 N–H and O–H groups in total. The molecule has 104 valence electrons. The van der Waals surface area contributed by atoms with Gasteiger partial charge in [0.2, 0.25) is 0 Å². The molecule has 1 aliphatic rings. The number of hydrogen-bond acceptors (Lipinski definition) is 1. The van der Waals surface area contributed by atoms with Gasteiger partial charge in [-0.05, 0) is 30.4 Å². The lowest BCUT2D eigenvalue weighted by atomic mass is 9.84. The number of ketones is 1. The minimum absolute atomic E-state index is 0.352. The Hall–Kier alpha value is -1.11. The maximum absolute atomic E-state index is 12.3. The van der Waals surface area contributed by atoms with Crippen molar-refractivity contribution < 1.29 is 4.79 Å². The third-order valence-corrected chi connectivity index (χ3v) is 4.27. The van der Waals surface area contributed by atoms with Crippen LogP contribution in [0.5, 0.6) is 0 Å². The summed E-state index contributed by atoms with van der Waals surface area (Å²) in [7, 11) is 0. The molecular formula is C18H26O. The van der Waals surface area contributed by atoms with E-state index >= 15 is 0 Å². The summed E-state index contributed by atoms with van der Waals surface area (Å²) >= 11 is 0. The zero-order valence-corrected chi connectivity index (χ0v) is 12.2. The third kappa shape index (κ3) is 4.49. The molecule has 1 aliphatic carbocycles. The normalized spacial score (nSPS) is 16.5. The Labute approximate surface area is 117 Å². The molecule has 1 saturated carbocycles. The van der Waals surface area contributed by atoms with Crippen LogP contribution in [0.4, 0.5) is 0 Å². The van der Waals surface area contributed by atoms with Crippen molar-refractivity contribution in [3.05, 3.63) is 35.4 Å². The van der Waals surface area contributed by atoms with Gasteiger partial charge in [0.1, 0.15) is 0 Å². The highest BCUT2D eigenvalue weighted by molar-refractivity contribution is 5.96. The standard InChI is InChI=1S/C18H26O/c1-2-3-8-15-11-7-12-17(13-15)18(19)14-16-9-5-4-6-10-16/h7,11-13,16H,2-6,8-10,14H2,1H3. The van der Waals surface area contributed by atoms with Crippen LogP contribution in [0.15, 0.2) is 24.3 Å². The highest BCUT2D eigenvalue weighted by Gasteiger charge is 2.18. The third-order valence-electron chi connectivity index (χ3n) is 4.27. The van der Waals surface area contributed by atoms with Crippen LogP contribution >= 0.6 is 0 Å². The van der Waals surface area contributed by atoms with Crippen molar-refractivity contribution in [1.82, 2.24) is 0 Å². The summed E-state index contributed by atoms with van der Waals surface area (Å²) in [5.74, 6) is 0.991. The lowest BCUT2D eigenvalue weighted by Gasteiger charge is -2.20. The summed E-state index contributed by atoms with van der Waals surface area (Å²) in [5, 5.41) is 0. The molecule has 19 heavy (non-hydrogen) atoms. The minimum Gasteiger partial charge on any atom is -0.294 e. The van der Waals surface area contributed by atoms with Crippen molar-refractivity contribution in [1.29, 1.82) is 0 Å². The predicted molar refractivity (Wildman–Crippen MR) is 80.6 cm³/mol. The Bertz CT molecular complexity index is 402. The first kappa shape index (κ1) is 14.3. The molecule has 0 unspecified atom stereocenters. The Morgan fingerprint density at radius 3 is 2.74 bits per heavy atom. The maximum Gasteiger partial charge on any atom is 0.163 e. The number of benzene rings is 1. The molecule has 1 aromatic rings. The van der Waals surface area contributed by atoms with Crippen LogP contribution in [0.1, 0.15) is 74.2 Å². The summed E-state index contributed by atoms with van der Waals surface area (Å²) in [4.78, 5) is 12.3. The molecule has 2 rings (SSSR count). The van der Waals surface area contributed by atoms with Crippen molar-refractivity contribution in [2.24, 2.45) is 5.92 Å². The second-order valence-electron chi connectivity index (χ2n) is 5.94. The van der Waals surface area contributed by atoms with Crippen molar-refractivity contribution in [2.75, 3.05) is 0 Å². The van der Waals surface area contributed by atoms with Crippen LogP contribution in [0.25, 0.3) is 0 Å². The van der Waals surface area contributed by atoms with Crippen LogP contribution in [0.2, 0.25) is 0 Å². The number of aryl methyl sites for hydroxylation is 1. The molecule has 0 amide bonds. The van der Waals surface area contributed by atoms with Crippen molar-refractivity contribution in [2.45, 2.75) is 64.7 Å². The van der Waals surface area contributed by atoms with Gasteiger partial charge in [0.15, 0.2) is 5.78 Å². The first-order valence-corrected chi connectivity index (χ1v) is 7.91. The van der Waals surface area contributed by atoms with Crippen molar-refractivity contribution in [3.63, 3.8) is 0 Å². The molecule has 0 heterocycles. The fourth-order valence-corrected chi connectivity index (χ4v) is 3.05. The van der Waals surface area contributed by atoms with Gasteiger partial charge in [0.05, 0.1) is 0 Å². The average Bonchev–Trinajstić information content (AvgIpc) is 2.46. The zero-order chi connectivity index (χ0) is 13.5. The van der Waals surface area contributed by atoms with E-state index in [0.29, 0.717) is 11.7 Å². The van der Waals surface area contributed by atoms with E-state index in [1.165, 1.54) is 50.5 Å². The van der Waals surface area contributed by atoms with Gasteiger partial charge in [-0.2, -0.15) is 0 Å². The Kier molecular flexibility index (Phi) is 5.62. The van der Waals surface area contributed by atoms with Gasteiger partial charge in [0, 0.05) is 12.0 Å². The first-order chi connectivity index (χ1) is 9.29. The van der Waals surface area contributed by atoms with Crippen LogP contribution in [0.3, 0.4) is 0 Å². The van der Waals surface area contributed by atoms with Crippen molar-refractivity contribution in [3.8, 4) is 0 Å². The molecule has 1 nitrogen and oxygen atoms in total. The summed E-state index contributed by atoms with van der Waals surface area (Å²) < 4.78 is 0. The van der Waals surface area contributed by atoms with E-state index in [9.17, 15) is 4.79 Å². The van der Waals surface area contributed by atoms with Gasteiger partial charge >= 0.3 is 0 Å². The minimum atomic E-state index is 0.352. The quantitative estimate of drug-likeness (QED) is 0.642. The molecule has 0 saturated heterocycles. The van der Waals surface area contributed by atoms with Gasteiger partial charge in [-0.3, -0.25) is 4.79 Å². The van der Waals surface area contributed by atoms with E-state index in [1.807, 2.05) is 12.1 Å². The van der Waals surface area contributed by atoms with E-state index < -0.39 is 0 Å². The number of Topliss-reactive ketones (excluding diaryl/α,β-unsaturated/α-hetero) is 1. The molecule has 1 heteroatoms. The number of unbranched alkanes of at least 4 members (excludes halogenated alkanes) is 1. The zero-order valence-electron chi connectivity index (χ0n) is 12.2. The van der Waals surface area contributed by atoms with Gasteiger partial charge in [-0.1, -0.05) is 63.6 Å². The average molecular weight is 258 g/mol. The van der Waals surface area contributed by atoms with E-state index in [2.05, 4.69) is 19.1 Å². The second kappa shape index (κ2) is 7.47. The molecule has 0 aromatic heterocycles. The molecular weight excluding hydrogens is 232 g/mol. The number of rotatable bonds is 6. The molecule has 0 aliphatic heterocycles. The molecule has 0 radical (unpaired) electrons. The van der Waals surface area contributed by atoms with Crippen LogP contribution in [-0.2, 0) is 6.42 Å². The fourth-order valence-electron chi connectivity index (χ4n) is 3.05. The monoisotopic (exact) mass is 258 g/mol. The van der Waals surface area contributed by atoms with E-state index in [1.54, 1.807) is 0 Å². The SMILES string of the molecule is CCCCc1cccc(C(=O)CC2CCCCC2)c1. The van der Waals surface area contributed by atoms with Gasteiger partial charge in [-0.15, -0.1) is 0 Å². The Morgan fingerprint density at radius 2 is 2.00 bits per heavy atom. The number of hydrogen-bond donors (Lipinski definition) is 0. The van der Waals surface area contributed by atoms with Gasteiger partial charge in [0.25, 0.3) is 0 Å². The molecule has 0 spiro atoms. The van der Waals surface area contributed by atoms with Gasteiger partial charge < -0.3 is 0 Å². The van der Waals surface area contributed by atoms with Gasteiger partial charge in [-0.25, -0.2) is 0 Å². The topological polar surface area (TPSA) is 17.1 Å². The molecule has 1 aromatic carbocycles. The molecule has 0 bridgehead atoms. The lowest BCUT2D eigenvalue weighted by molar-refractivity contribution is 0.0950. The number of carbonyl (C=O) groups is 1. The second-order valence-corrected chi connectivity index (χ2v) is 5.94. The molecule has 0 atom stereocenters. The maximum atomic E-state index is 12.3. The largest absolute Gasteiger partial charge is 0.294 e. The highest BCUT2D eigenvalue weighted by Crippen LogP contribution is 2.27.